The zero-order chi connectivity index (χ0) is 16.9. The molecule has 1 saturated heterocycles. The summed E-state index contributed by atoms with van der Waals surface area (Å²) in [5.74, 6) is 0.277. The Bertz CT molecular complexity index is 733. The largest absolute Gasteiger partial charge is 0.490 e. The lowest BCUT2D eigenvalue weighted by Gasteiger charge is -2.27. The van der Waals surface area contributed by atoms with Crippen LogP contribution in [0.1, 0.15) is 12.0 Å². The van der Waals surface area contributed by atoms with Gasteiger partial charge in [0.15, 0.2) is 0 Å². The summed E-state index contributed by atoms with van der Waals surface area (Å²) < 4.78 is 24.7. The maximum Gasteiger partial charge on any atom is 0.137 e. The maximum absolute atomic E-state index is 13.4. The van der Waals surface area contributed by atoms with Crippen molar-refractivity contribution in [1.29, 1.82) is 5.26 Å². The molecule has 1 aliphatic rings. The number of anilines is 1. The number of rotatable bonds is 5. The van der Waals surface area contributed by atoms with E-state index in [1.807, 2.05) is 12.1 Å². The molecule has 0 spiro atoms. The standard InChI is InChI=1S/C18H18FN3O2/c1-23-17-8-15(12-24-16-3-2-6-21-10-16)22(11-17)18-5-4-14(19)7-13(18)9-20/h2-7,10,15,17H,8,11-12H2,1H3/t15-,17+/m0/s1. The highest BCUT2D eigenvalue weighted by Crippen LogP contribution is 2.30. The van der Waals surface area contributed by atoms with Crippen molar-refractivity contribution in [1.82, 2.24) is 4.98 Å². The highest BCUT2D eigenvalue weighted by Gasteiger charge is 2.34. The summed E-state index contributed by atoms with van der Waals surface area (Å²) in [6.45, 7) is 1.08. The van der Waals surface area contributed by atoms with Gasteiger partial charge in [-0.2, -0.15) is 5.26 Å². The minimum absolute atomic E-state index is 0.0349. The van der Waals surface area contributed by atoms with Gasteiger partial charge < -0.3 is 14.4 Å². The quantitative estimate of drug-likeness (QED) is 0.845. The molecule has 2 atom stereocenters. The third-order valence-electron chi connectivity index (χ3n) is 4.17. The number of nitriles is 1. The van der Waals surface area contributed by atoms with Crippen molar-refractivity contribution >= 4 is 5.69 Å². The molecule has 6 heteroatoms. The van der Waals surface area contributed by atoms with Gasteiger partial charge in [-0.25, -0.2) is 4.39 Å². The van der Waals surface area contributed by atoms with Crippen molar-refractivity contribution in [2.75, 3.05) is 25.2 Å². The smallest absolute Gasteiger partial charge is 0.137 e. The fourth-order valence-electron chi connectivity index (χ4n) is 2.97. The predicted octanol–water partition coefficient (Wildman–Crippen LogP) is 2.77. The highest BCUT2D eigenvalue weighted by molar-refractivity contribution is 5.61. The molecule has 0 saturated carbocycles. The van der Waals surface area contributed by atoms with Crippen LogP contribution in [0.2, 0.25) is 0 Å². The second-order valence-electron chi connectivity index (χ2n) is 5.67. The number of hydrogen-bond acceptors (Lipinski definition) is 5. The number of pyridine rings is 1. The van der Waals surface area contributed by atoms with E-state index in [4.69, 9.17) is 9.47 Å². The van der Waals surface area contributed by atoms with Crippen LogP contribution in [0.15, 0.2) is 42.7 Å². The molecule has 1 aromatic carbocycles. The highest BCUT2D eigenvalue weighted by atomic mass is 19.1. The Morgan fingerprint density at radius 1 is 1.42 bits per heavy atom. The Balaban J connectivity index is 1.80. The molecule has 0 N–H and O–H groups in total. The zero-order valence-electron chi connectivity index (χ0n) is 13.4. The molecule has 5 nitrogen and oxygen atoms in total. The van der Waals surface area contributed by atoms with Gasteiger partial charge in [-0.05, 0) is 36.8 Å². The van der Waals surface area contributed by atoms with E-state index in [1.165, 1.54) is 12.1 Å². The molecule has 24 heavy (non-hydrogen) atoms. The first-order valence-corrected chi connectivity index (χ1v) is 7.73. The van der Waals surface area contributed by atoms with Crippen LogP contribution in [0.25, 0.3) is 0 Å². The van der Waals surface area contributed by atoms with Gasteiger partial charge in [-0.1, -0.05) is 0 Å². The van der Waals surface area contributed by atoms with E-state index in [-0.39, 0.29) is 12.1 Å². The average Bonchev–Trinajstić information content (AvgIpc) is 3.04. The summed E-state index contributed by atoms with van der Waals surface area (Å²) >= 11 is 0. The van der Waals surface area contributed by atoms with Crippen molar-refractivity contribution in [3.63, 3.8) is 0 Å². The maximum atomic E-state index is 13.4. The molecule has 1 aromatic heterocycles. The van der Waals surface area contributed by atoms with E-state index >= 15 is 0 Å². The normalized spacial score (nSPS) is 20.0. The fourth-order valence-corrected chi connectivity index (χ4v) is 2.97. The van der Waals surface area contributed by atoms with Gasteiger partial charge in [0.2, 0.25) is 0 Å². The van der Waals surface area contributed by atoms with Crippen LogP contribution in [-0.2, 0) is 4.74 Å². The van der Waals surface area contributed by atoms with Crippen molar-refractivity contribution in [2.24, 2.45) is 0 Å². The van der Waals surface area contributed by atoms with E-state index in [2.05, 4.69) is 16.0 Å². The molecule has 0 aliphatic carbocycles. The predicted molar refractivity (Wildman–Crippen MR) is 87.4 cm³/mol. The van der Waals surface area contributed by atoms with Crippen LogP contribution in [0.3, 0.4) is 0 Å². The average molecular weight is 327 g/mol. The van der Waals surface area contributed by atoms with E-state index in [9.17, 15) is 9.65 Å². The van der Waals surface area contributed by atoms with Crippen LogP contribution in [0, 0.1) is 17.1 Å². The van der Waals surface area contributed by atoms with E-state index in [1.54, 1.807) is 25.6 Å². The molecule has 0 bridgehead atoms. The Morgan fingerprint density at radius 3 is 3.00 bits per heavy atom. The third kappa shape index (κ3) is 3.47. The Hall–Kier alpha value is -2.65. The monoisotopic (exact) mass is 327 g/mol. The van der Waals surface area contributed by atoms with E-state index in [0.29, 0.717) is 30.2 Å². The number of ether oxygens (including phenoxy) is 2. The van der Waals surface area contributed by atoms with Crippen LogP contribution in [0.5, 0.6) is 5.75 Å². The molecule has 1 fully saturated rings. The molecule has 124 valence electrons. The Labute approximate surface area is 140 Å². The van der Waals surface area contributed by atoms with Gasteiger partial charge in [-0.15, -0.1) is 0 Å². The van der Waals surface area contributed by atoms with Crippen molar-refractivity contribution in [3.8, 4) is 11.8 Å². The summed E-state index contributed by atoms with van der Waals surface area (Å²) in [7, 11) is 1.67. The van der Waals surface area contributed by atoms with Gasteiger partial charge in [-0.3, -0.25) is 4.98 Å². The summed E-state index contributed by atoms with van der Waals surface area (Å²) in [5.41, 5.74) is 1.02. The molecular weight excluding hydrogens is 309 g/mol. The molecular formula is C18H18FN3O2. The van der Waals surface area contributed by atoms with Gasteiger partial charge in [0.05, 0.1) is 29.6 Å². The lowest BCUT2D eigenvalue weighted by Crippen LogP contribution is -2.35. The van der Waals surface area contributed by atoms with E-state index in [0.717, 1.165) is 6.42 Å². The number of benzene rings is 1. The minimum atomic E-state index is -0.416. The Morgan fingerprint density at radius 2 is 2.29 bits per heavy atom. The molecule has 0 amide bonds. The third-order valence-corrected chi connectivity index (χ3v) is 4.17. The number of halogens is 1. The van der Waals surface area contributed by atoms with Crippen molar-refractivity contribution in [3.05, 3.63) is 54.1 Å². The van der Waals surface area contributed by atoms with Gasteiger partial charge in [0.1, 0.15) is 24.2 Å². The molecule has 2 heterocycles. The van der Waals surface area contributed by atoms with Gasteiger partial charge in [0, 0.05) is 19.9 Å². The Kier molecular flexibility index (Phi) is 4.92. The topological polar surface area (TPSA) is 58.4 Å². The van der Waals surface area contributed by atoms with Crippen LogP contribution in [0.4, 0.5) is 10.1 Å². The number of aromatic nitrogens is 1. The summed E-state index contributed by atoms with van der Waals surface area (Å²) in [6.07, 6.45) is 4.17. The molecule has 0 radical (unpaired) electrons. The van der Waals surface area contributed by atoms with Gasteiger partial charge in [0.25, 0.3) is 0 Å². The molecule has 3 rings (SSSR count). The molecule has 0 unspecified atom stereocenters. The number of nitrogens with zero attached hydrogens (tertiary/aromatic N) is 3. The first-order valence-electron chi connectivity index (χ1n) is 7.73. The molecule has 1 aliphatic heterocycles. The van der Waals surface area contributed by atoms with Gasteiger partial charge >= 0.3 is 0 Å². The lowest BCUT2D eigenvalue weighted by atomic mass is 10.1. The summed E-state index contributed by atoms with van der Waals surface area (Å²) in [5, 5.41) is 9.31. The summed E-state index contributed by atoms with van der Waals surface area (Å²) in [6, 6.07) is 10.0. The minimum Gasteiger partial charge on any atom is -0.490 e. The fraction of sp³-hybridized carbons (Fsp3) is 0.333. The van der Waals surface area contributed by atoms with Crippen LogP contribution in [-0.4, -0.2) is 37.4 Å². The van der Waals surface area contributed by atoms with Crippen LogP contribution >= 0.6 is 0 Å². The molecule has 2 aromatic rings. The first kappa shape index (κ1) is 16.2. The number of hydrogen-bond donors (Lipinski definition) is 0. The second-order valence-corrected chi connectivity index (χ2v) is 5.67. The zero-order valence-corrected chi connectivity index (χ0v) is 13.4. The van der Waals surface area contributed by atoms with E-state index < -0.39 is 5.82 Å². The van der Waals surface area contributed by atoms with Crippen LogP contribution < -0.4 is 9.64 Å². The number of methoxy groups -OCH3 is 1. The first-order chi connectivity index (χ1) is 11.7. The SMILES string of the molecule is CO[C@@H]1C[C@@H](COc2cccnc2)N(c2ccc(F)cc2C#N)C1. The lowest BCUT2D eigenvalue weighted by molar-refractivity contribution is 0.115. The van der Waals surface area contributed by atoms with Crippen molar-refractivity contribution in [2.45, 2.75) is 18.6 Å². The van der Waals surface area contributed by atoms with Crippen molar-refractivity contribution < 1.29 is 13.9 Å². The second kappa shape index (κ2) is 7.28. The summed E-state index contributed by atoms with van der Waals surface area (Å²) in [4.78, 5) is 6.09.